The molecule has 6 nitrogen and oxygen atoms in total. The number of nitrogens with zero attached hydrogens (tertiary/aromatic N) is 4. The van der Waals surface area contributed by atoms with Crippen molar-refractivity contribution >= 4 is 5.91 Å². The fourth-order valence-corrected chi connectivity index (χ4v) is 3.46. The van der Waals surface area contributed by atoms with Crippen molar-refractivity contribution in [2.75, 3.05) is 33.3 Å². The predicted molar refractivity (Wildman–Crippen MR) is 87.0 cm³/mol. The SMILES string of the molecule is COc1ccc(CN2CCC(CN3CCCCC3=O)CC2)nn1. The summed E-state index contributed by atoms with van der Waals surface area (Å²) in [5, 5.41) is 8.22. The first-order chi connectivity index (χ1) is 11.2. The second-order valence-corrected chi connectivity index (χ2v) is 6.58. The van der Waals surface area contributed by atoms with E-state index < -0.39 is 0 Å². The van der Waals surface area contributed by atoms with E-state index in [9.17, 15) is 4.79 Å². The lowest BCUT2D eigenvalue weighted by molar-refractivity contribution is -0.134. The van der Waals surface area contributed by atoms with Crippen LogP contribution >= 0.6 is 0 Å². The van der Waals surface area contributed by atoms with Gasteiger partial charge in [0.05, 0.1) is 12.8 Å². The first kappa shape index (κ1) is 16.2. The van der Waals surface area contributed by atoms with Gasteiger partial charge < -0.3 is 9.64 Å². The number of hydrogen-bond donors (Lipinski definition) is 0. The quantitative estimate of drug-likeness (QED) is 0.827. The largest absolute Gasteiger partial charge is 0.480 e. The summed E-state index contributed by atoms with van der Waals surface area (Å²) in [5.74, 6) is 1.56. The molecule has 0 spiro atoms. The first-order valence-electron chi connectivity index (χ1n) is 8.61. The molecule has 2 fully saturated rings. The minimum absolute atomic E-state index is 0.354. The molecule has 0 radical (unpaired) electrons. The molecule has 23 heavy (non-hydrogen) atoms. The molecule has 0 aliphatic carbocycles. The van der Waals surface area contributed by atoms with Gasteiger partial charge in [-0.1, -0.05) is 0 Å². The Morgan fingerprint density at radius 3 is 2.65 bits per heavy atom. The van der Waals surface area contributed by atoms with Crippen molar-refractivity contribution in [2.45, 2.75) is 38.6 Å². The fraction of sp³-hybridized carbons (Fsp3) is 0.706. The van der Waals surface area contributed by atoms with E-state index in [1.807, 2.05) is 12.1 Å². The lowest BCUT2D eigenvalue weighted by Crippen LogP contribution is -2.42. The van der Waals surface area contributed by atoms with Crippen molar-refractivity contribution in [3.63, 3.8) is 0 Å². The highest BCUT2D eigenvalue weighted by molar-refractivity contribution is 5.76. The molecule has 2 aliphatic rings. The van der Waals surface area contributed by atoms with Gasteiger partial charge in [-0.15, -0.1) is 5.10 Å². The van der Waals surface area contributed by atoms with E-state index in [2.05, 4.69) is 20.0 Å². The summed E-state index contributed by atoms with van der Waals surface area (Å²) in [5.41, 5.74) is 0.982. The minimum Gasteiger partial charge on any atom is -0.480 e. The Morgan fingerprint density at radius 2 is 2.00 bits per heavy atom. The number of methoxy groups -OCH3 is 1. The van der Waals surface area contributed by atoms with Crippen LogP contribution in [0.1, 0.15) is 37.8 Å². The second-order valence-electron chi connectivity index (χ2n) is 6.58. The summed E-state index contributed by atoms with van der Waals surface area (Å²) < 4.78 is 5.03. The third-order valence-corrected chi connectivity index (χ3v) is 4.90. The van der Waals surface area contributed by atoms with Gasteiger partial charge in [0.2, 0.25) is 11.8 Å². The molecular weight excluding hydrogens is 292 g/mol. The van der Waals surface area contributed by atoms with Gasteiger partial charge in [0.15, 0.2) is 0 Å². The molecule has 126 valence electrons. The van der Waals surface area contributed by atoms with Crippen LogP contribution in [0.5, 0.6) is 5.88 Å². The number of carbonyl (C=O) groups excluding carboxylic acids is 1. The number of aromatic nitrogens is 2. The zero-order valence-electron chi connectivity index (χ0n) is 13.9. The van der Waals surface area contributed by atoms with Crippen LogP contribution in [0.3, 0.4) is 0 Å². The molecule has 0 N–H and O–H groups in total. The Bertz CT molecular complexity index is 512. The lowest BCUT2D eigenvalue weighted by Gasteiger charge is -2.36. The number of rotatable bonds is 5. The van der Waals surface area contributed by atoms with Crippen LogP contribution < -0.4 is 4.74 Å². The van der Waals surface area contributed by atoms with Gasteiger partial charge in [-0.25, -0.2) is 0 Å². The molecule has 3 rings (SSSR count). The Kier molecular flexibility index (Phi) is 5.43. The smallest absolute Gasteiger partial charge is 0.233 e. The summed E-state index contributed by atoms with van der Waals surface area (Å²) in [7, 11) is 1.60. The van der Waals surface area contributed by atoms with Crippen molar-refractivity contribution in [2.24, 2.45) is 5.92 Å². The molecule has 2 saturated heterocycles. The maximum Gasteiger partial charge on any atom is 0.233 e. The van der Waals surface area contributed by atoms with Crippen LogP contribution in [0.15, 0.2) is 12.1 Å². The highest BCUT2D eigenvalue weighted by Crippen LogP contribution is 2.22. The van der Waals surface area contributed by atoms with Gasteiger partial charge in [-0.05, 0) is 50.8 Å². The van der Waals surface area contributed by atoms with Crippen molar-refractivity contribution in [3.8, 4) is 5.88 Å². The molecule has 3 heterocycles. The molecular formula is C17H26N4O2. The molecule has 1 aromatic rings. The maximum atomic E-state index is 11.9. The lowest BCUT2D eigenvalue weighted by atomic mass is 9.95. The first-order valence-corrected chi connectivity index (χ1v) is 8.61. The zero-order chi connectivity index (χ0) is 16.1. The highest BCUT2D eigenvalue weighted by atomic mass is 16.5. The minimum atomic E-state index is 0.354. The molecule has 0 bridgehead atoms. The molecule has 0 unspecified atom stereocenters. The van der Waals surface area contributed by atoms with Gasteiger partial charge in [0, 0.05) is 32.1 Å². The number of carbonyl (C=O) groups is 1. The van der Waals surface area contributed by atoms with E-state index in [4.69, 9.17) is 4.74 Å². The predicted octanol–water partition coefficient (Wildman–Crippen LogP) is 1.71. The van der Waals surface area contributed by atoms with E-state index in [-0.39, 0.29) is 0 Å². The van der Waals surface area contributed by atoms with Crippen LogP contribution in [0, 0.1) is 5.92 Å². The summed E-state index contributed by atoms with van der Waals surface area (Å²) in [6, 6.07) is 3.83. The monoisotopic (exact) mass is 318 g/mol. The second kappa shape index (κ2) is 7.73. The van der Waals surface area contributed by atoms with Crippen molar-refractivity contribution in [1.82, 2.24) is 20.0 Å². The third-order valence-electron chi connectivity index (χ3n) is 4.90. The molecule has 1 aromatic heterocycles. The topological polar surface area (TPSA) is 58.6 Å². The van der Waals surface area contributed by atoms with Crippen LogP contribution in [-0.2, 0) is 11.3 Å². The van der Waals surface area contributed by atoms with Crippen LogP contribution in [0.25, 0.3) is 0 Å². The zero-order valence-corrected chi connectivity index (χ0v) is 13.9. The van der Waals surface area contributed by atoms with Crippen molar-refractivity contribution in [1.29, 1.82) is 0 Å². The van der Waals surface area contributed by atoms with Gasteiger partial charge in [0.25, 0.3) is 0 Å². The average Bonchev–Trinajstić information content (AvgIpc) is 2.59. The number of amides is 1. The summed E-state index contributed by atoms with van der Waals surface area (Å²) in [6.07, 6.45) is 5.30. The summed E-state index contributed by atoms with van der Waals surface area (Å²) in [4.78, 5) is 16.4. The van der Waals surface area contributed by atoms with Crippen LogP contribution in [0.4, 0.5) is 0 Å². The van der Waals surface area contributed by atoms with Crippen LogP contribution in [-0.4, -0.2) is 59.2 Å². The number of hydrogen-bond acceptors (Lipinski definition) is 5. The van der Waals surface area contributed by atoms with E-state index in [0.29, 0.717) is 17.7 Å². The van der Waals surface area contributed by atoms with Gasteiger partial charge in [-0.3, -0.25) is 9.69 Å². The highest BCUT2D eigenvalue weighted by Gasteiger charge is 2.25. The van der Waals surface area contributed by atoms with Crippen molar-refractivity contribution < 1.29 is 9.53 Å². The molecule has 6 heteroatoms. The number of likely N-dealkylation sites (tertiary alicyclic amines) is 2. The fourth-order valence-electron chi connectivity index (χ4n) is 3.46. The van der Waals surface area contributed by atoms with Crippen LogP contribution in [0.2, 0.25) is 0 Å². The molecule has 0 atom stereocenters. The summed E-state index contributed by atoms with van der Waals surface area (Å²) >= 11 is 0. The normalized spacial score (nSPS) is 20.7. The third kappa shape index (κ3) is 4.41. The Hall–Kier alpha value is -1.69. The van der Waals surface area contributed by atoms with Gasteiger partial charge in [0.1, 0.15) is 0 Å². The Morgan fingerprint density at radius 1 is 1.17 bits per heavy atom. The number of piperidine rings is 2. The molecule has 0 aromatic carbocycles. The Balaban J connectivity index is 1.43. The van der Waals surface area contributed by atoms with E-state index in [1.165, 1.54) is 6.42 Å². The maximum absolute atomic E-state index is 11.9. The van der Waals surface area contributed by atoms with E-state index in [1.54, 1.807) is 7.11 Å². The molecule has 1 amide bonds. The van der Waals surface area contributed by atoms with Gasteiger partial charge >= 0.3 is 0 Å². The van der Waals surface area contributed by atoms with E-state index >= 15 is 0 Å². The Labute approximate surface area is 137 Å². The van der Waals surface area contributed by atoms with Crippen molar-refractivity contribution in [3.05, 3.63) is 17.8 Å². The average molecular weight is 318 g/mol. The molecule has 2 aliphatic heterocycles. The summed E-state index contributed by atoms with van der Waals surface area (Å²) in [6.45, 7) is 4.89. The molecule has 0 saturated carbocycles. The van der Waals surface area contributed by atoms with E-state index in [0.717, 1.165) is 64.1 Å². The van der Waals surface area contributed by atoms with Gasteiger partial charge in [-0.2, -0.15) is 5.10 Å². The number of ether oxygens (including phenoxy) is 1. The standard InChI is InChI=1S/C17H26N4O2/c1-23-16-6-5-15(18-19-16)13-20-10-7-14(8-11-20)12-21-9-3-2-4-17(21)22/h5-6,14H,2-4,7-13H2,1H3.